The SMILES string of the molecule is CCCCCCCC(=O)N(C)CC(=O)OC. The van der Waals surface area contributed by atoms with Crippen LogP contribution in [0.5, 0.6) is 0 Å². The molecule has 0 saturated carbocycles. The van der Waals surface area contributed by atoms with Gasteiger partial charge in [-0.2, -0.15) is 0 Å². The van der Waals surface area contributed by atoms with Gasteiger partial charge in [-0.15, -0.1) is 0 Å². The minimum Gasteiger partial charge on any atom is -0.468 e. The molecule has 1 amide bonds. The van der Waals surface area contributed by atoms with E-state index in [1.165, 1.54) is 31.3 Å². The van der Waals surface area contributed by atoms with Crippen molar-refractivity contribution in [2.24, 2.45) is 0 Å². The van der Waals surface area contributed by atoms with Gasteiger partial charge in [-0.1, -0.05) is 32.6 Å². The Hall–Kier alpha value is -1.06. The van der Waals surface area contributed by atoms with Crippen LogP contribution in [-0.4, -0.2) is 37.5 Å². The van der Waals surface area contributed by atoms with Crippen LogP contribution in [-0.2, 0) is 14.3 Å². The topological polar surface area (TPSA) is 46.6 Å². The summed E-state index contributed by atoms with van der Waals surface area (Å²) >= 11 is 0. The molecule has 0 aliphatic heterocycles. The summed E-state index contributed by atoms with van der Waals surface area (Å²) in [6, 6.07) is 0. The summed E-state index contributed by atoms with van der Waals surface area (Å²) in [5, 5.41) is 0. The number of rotatable bonds is 8. The number of amides is 1. The molecule has 0 radical (unpaired) electrons. The highest BCUT2D eigenvalue weighted by Gasteiger charge is 2.12. The molecule has 0 aromatic heterocycles. The predicted molar refractivity (Wildman–Crippen MR) is 63.0 cm³/mol. The monoisotopic (exact) mass is 229 g/mol. The number of ether oxygens (including phenoxy) is 1. The first kappa shape index (κ1) is 14.9. The zero-order valence-corrected chi connectivity index (χ0v) is 10.6. The number of nitrogens with zero attached hydrogens (tertiary/aromatic N) is 1. The molecule has 4 heteroatoms. The van der Waals surface area contributed by atoms with Crippen LogP contribution in [0.4, 0.5) is 0 Å². The van der Waals surface area contributed by atoms with Gasteiger partial charge < -0.3 is 9.64 Å². The number of methoxy groups -OCH3 is 1. The lowest BCUT2D eigenvalue weighted by Crippen LogP contribution is -2.32. The van der Waals surface area contributed by atoms with Crippen molar-refractivity contribution in [3.63, 3.8) is 0 Å². The van der Waals surface area contributed by atoms with E-state index in [1.807, 2.05) is 0 Å². The minimum absolute atomic E-state index is 0.0156. The van der Waals surface area contributed by atoms with Crippen molar-refractivity contribution in [3.05, 3.63) is 0 Å². The van der Waals surface area contributed by atoms with Gasteiger partial charge in [-0.05, 0) is 6.42 Å². The molecule has 0 spiro atoms. The lowest BCUT2D eigenvalue weighted by molar-refractivity contribution is -0.146. The van der Waals surface area contributed by atoms with Crippen LogP contribution >= 0.6 is 0 Å². The third-order valence-corrected chi connectivity index (χ3v) is 2.51. The Morgan fingerprint density at radius 3 is 2.31 bits per heavy atom. The number of carbonyl (C=O) groups is 2. The molecule has 0 aliphatic carbocycles. The van der Waals surface area contributed by atoms with Crippen molar-refractivity contribution in [3.8, 4) is 0 Å². The van der Waals surface area contributed by atoms with E-state index in [-0.39, 0.29) is 18.4 Å². The van der Waals surface area contributed by atoms with E-state index in [0.717, 1.165) is 12.8 Å². The molecule has 0 heterocycles. The molecular formula is C12H23NO3. The molecule has 0 bridgehead atoms. The van der Waals surface area contributed by atoms with E-state index in [9.17, 15) is 9.59 Å². The summed E-state index contributed by atoms with van der Waals surface area (Å²) in [7, 11) is 2.96. The van der Waals surface area contributed by atoms with E-state index < -0.39 is 0 Å². The van der Waals surface area contributed by atoms with Gasteiger partial charge in [0.05, 0.1) is 7.11 Å². The Balaban J connectivity index is 3.59. The number of carbonyl (C=O) groups excluding carboxylic acids is 2. The van der Waals surface area contributed by atoms with Crippen molar-refractivity contribution in [1.82, 2.24) is 4.90 Å². The van der Waals surface area contributed by atoms with Gasteiger partial charge >= 0.3 is 5.97 Å². The molecule has 0 unspecified atom stereocenters. The van der Waals surface area contributed by atoms with E-state index in [0.29, 0.717) is 6.42 Å². The van der Waals surface area contributed by atoms with E-state index in [2.05, 4.69) is 11.7 Å². The first-order chi connectivity index (χ1) is 7.61. The standard InChI is InChI=1S/C12H23NO3/c1-4-5-6-7-8-9-11(14)13(2)10-12(15)16-3/h4-10H2,1-3H3. The zero-order chi connectivity index (χ0) is 12.4. The molecule has 0 aromatic rings. The van der Waals surface area contributed by atoms with Gasteiger partial charge in [0.15, 0.2) is 0 Å². The molecule has 4 nitrogen and oxygen atoms in total. The molecule has 0 rings (SSSR count). The molecule has 0 atom stereocenters. The Morgan fingerprint density at radius 2 is 1.75 bits per heavy atom. The summed E-state index contributed by atoms with van der Waals surface area (Å²) in [5.74, 6) is -0.358. The minimum atomic E-state index is -0.373. The number of hydrogen-bond donors (Lipinski definition) is 0. The first-order valence-electron chi connectivity index (χ1n) is 5.92. The summed E-state index contributed by atoms with van der Waals surface area (Å²) in [4.78, 5) is 23.9. The van der Waals surface area contributed by atoms with Crippen LogP contribution in [0.2, 0.25) is 0 Å². The van der Waals surface area contributed by atoms with Crippen molar-refractivity contribution in [1.29, 1.82) is 0 Å². The fourth-order valence-corrected chi connectivity index (χ4v) is 1.42. The smallest absolute Gasteiger partial charge is 0.325 e. The Kier molecular flexibility index (Phi) is 8.58. The van der Waals surface area contributed by atoms with E-state index in [1.54, 1.807) is 7.05 Å². The van der Waals surface area contributed by atoms with Crippen LogP contribution in [0, 0.1) is 0 Å². The predicted octanol–water partition coefficient (Wildman–Crippen LogP) is 1.98. The number of unbranched alkanes of at least 4 members (excludes halogenated alkanes) is 4. The molecule has 0 aliphatic rings. The Labute approximate surface area is 98.0 Å². The Morgan fingerprint density at radius 1 is 1.12 bits per heavy atom. The number of hydrogen-bond acceptors (Lipinski definition) is 3. The summed E-state index contributed by atoms with van der Waals surface area (Å²) in [6.07, 6.45) is 6.14. The molecule has 0 saturated heterocycles. The highest BCUT2D eigenvalue weighted by Crippen LogP contribution is 2.06. The molecule has 0 N–H and O–H groups in total. The maximum Gasteiger partial charge on any atom is 0.325 e. The average molecular weight is 229 g/mol. The molecule has 94 valence electrons. The summed E-state index contributed by atoms with van der Waals surface area (Å²) < 4.78 is 4.50. The lowest BCUT2D eigenvalue weighted by Gasteiger charge is -2.15. The van der Waals surface area contributed by atoms with Crippen LogP contribution in [0.15, 0.2) is 0 Å². The third-order valence-electron chi connectivity index (χ3n) is 2.51. The van der Waals surface area contributed by atoms with Gasteiger partial charge in [0.1, 0.15) is 6.54 Å². The maximum atomic E-state index is 11.5. The quantitative estimate of drug-likeness (QED) is 0.472. The largest absolute Gasteiger partial charge is 0.468 e. The van der Waals surface area contributed by atoms with Gasteiger partial charge in [0.25, 0.3) is 0 Å². The van der Waals surface area contributed by atoms with Crippen LogP contribution < -0.4 is 0 Å². The van der Waals surface area contributed by atoms with Gasteiger partial charge in [0.2, 0.25) is 5.91 Å². The Bertz CT molecular complexity index is 216. The van der Waals surface area contributed by atoms with E-state index >= 15 is 0 Å². The number of likely N-dealkylation sites (N-methyl/N-ethyl adjacent to an activating group) is 1. The van der Waals surface area contributed by atoms with Crippen molar-refractivity contribution in [2.45, 2.75) is 45.4 Å². The van der Waals surface area contributed by atoms with Crippen LogP contribution in [0.3, 0.4) is 0 Å². The van der Waals surface area contributed by atoms with Gasteiger partial charge in [0, 0.05) is 13.5 Å². The third kappa shape index (κ3) is 7.26. The molecule has 0 fully saturated rings. The fraction of sp³-hybridized carbons (Fsp3) is 0.833. The summed E-state index contributed by atoms with van der Waals surface area (Å²) in [6.45, 7) is 2.21. The van der Waals surface area contributed by atoms with Crippen molar-refractivity contribution in [2.75, 3.05) is 20.7 Å². The lowest BCUT2D eigenvalue weighted by atomic mass is 10.1. The number of esters is 1. The molecule has 16 heavy (non-hydrogen) atoms. The zero-order valence-electron chi connectivity index (χ0n) is 10.6. The van der Waals surface area contributed by atoms with Crippen LogP contribution in [0.1, 0.15) is 45.4 Å². The van der Waals surface area contributed by atoms with Crippen molar-refractivity contribution >= 4 is 11.9 Å². The second-order valence-electron chi connectivity index (χ2n) is 3.99. The molecular weight excluding hydrogens is 206 g/mol. The normalized spacial score (nSPS) is 9.94. The maximum absolute atomic E-state index is 11.5. The summed E-state index contributed by atoms with van der Waals surface area (Å²) in [5.41, 5.74) is 0. The van der Waals surface area contributed by atoms with Gasteiger partial charge in [-0.3, -0.25) is 9.59 Å². The first-order valence-corrected chi connectivity index (χ1v) is 5.92. The van der Waals surface area contributed by atoms with Gasteiger partial charge in [-0.25, -0.2) is 0 Å². The fourth-order valence-electron chi connectivity index (χ4n) is 1.42. The second kappa shape index (κ2) is 9.19. The highest BCUT2D eigenvalue weighted by atomic mass is 16.5. The van der Waals surface area contributed by atoms with Crippen LogP contribution in [0.25, 0.3) is 0 Å². The van der Waals surface area contributed by atoms with Crippen molar-refractivity contribution < 1.29 is 14.3 Å². The van der Waals surface area contributed by atoms with E-state index in [4.69, 9.17) is 0 Å². The molecule has 0 aromatic carbocycles. The average Bonchev–Trinajstić information content (AvgIpc) is 2.28. The second-order valence-corrected chi connectivity index (χ2v) is 3.99. The highest BCUT2D eigenvalue weighted by molar-refractivity contribution is 5.81.